The Bertz CT molecular complexity index is 996. The Morgan fingerprint density at radius 3 is 2.72 bits per heavy atom. The van der Waals surface area contributed by atoms with E-state index >= 15 is 0 Å². The van der Waals surface area contributed by atoms with E-state index in [1.807, 2.05) is 0 Å². The van der Waals surface area contributed by atoms with Crippen molar-refractivity contribution in [3.8, 4) is 0 Å². The predicted octanol–water partition coefficient (Wildman–Crippen LogP) is 0.791. The second-order valence-corrected chi connectivity index (χ2v) is 8.33. The van der Waals surface area contributed by atoms with Crippen LogP contribution in [0.25, 0.3) is 4.96 Å². The number of sulfonamides is 1. The minimum Gasteiger partial charge on any atom is -0.312 e. The van der Waals surface area contributed by atoms with Crippen LogP contribution in [0.15, 0.2) is 35.5 Å². The molecule has 0 radical (unpaired) electrons. The van der Waals surface area contributed by atoms with E-state index in [1.165, 1.54) is 34.3 Å². The Morgan fingerprint density at radius 2 is 2.04 bits per heavy atom. The van der Waals surface area contributed by atoms with Crippen molar-refractivity contribution >= 4 is 37.9 Å². The molecular weight excluding hydrogens is 364 g/mol. The topological polar surface area (TPSA) is 110 Å². The highest BCUT2D eigenvalue weighted by atomic mass is 32.2. The van der Waals surface area contributed by atoms with E-state index in [2.05, 4.69) is 20.0 Å². The summed E-state index contributed by atoms with van der Waals surface area (Å²) in [5, 5.41) is 12.3. The molecule has 0 saturated carbocycles. The van der Waals surface area contributed by atoms with Gasteiger partial charge in [0.2, 0.25) is 20.9 Å². The molecule has 0 bridgehead atoms. The molecule has 1 aromatic carbocycles. The first kappa shape index (κ1) is 16.1. The quantitative estimate of drug-likeness (QED) is 0.703. The van der Waals surface area contributed by atoms with Gasteiger partial charge >= 0.3 is 0 Å². The minimum absolute atomic E-state index is 0.0667. The summed E-state index contributed by atoms with van der Waals surface area (Å²) >= 11 is 1.27. The van der Waals surface area contributed by atoms with E-state index in [1.54, 1.807) is 17.0 Å². The lowest BCUT2D eigenvalue weighted by molar-refractivity contribution is -0.117. The highest BCUT2D eigenvalue weighted by Gasteiger charge is 2.22. The number of carbonyl (C=O) groups excluding carboxylic acids is 1. The molecule has 1 aliphatic rings. The monoisotopic (exact) mass is 378 g/mol. The van der Waals surface area contributed by atoms with Crippen LogP contribution >= 0.6 is 11.3 Å². The fraction of sp³-hybridized carbons (Fsp3) is 0.286. The first-order valence-electron chi connectivity index (χ1n) is 7.59. The van der Waals surface area contributed by atoms with Crippen molar-refractivity contribution < 1.29 is 13.2 Å². The lowest BCUT2D eigenvalue weighted by atomic mass is 10.3. The van der Waals surface area contributed by atoms with E-state index in [9.17, 15) is 13.2 Å². The van der Waals surface area contributed by atoms with Gasteiger partial charge in [-0.05, 0) is 30.7 Å². The zero-order valence-corrected chi connectivity index (χ0v) is 14.6. The van der Waals surface area contributed by atoms with E-state index in [-0.39, 0.29) is 17.3 Å². The lowest BCUT2D eigenvalue weighted by Gasteiger charge is -2.16. The number of carbonyl (C=O) groups is 1. The average Bonchev–Trinajstić information content (AvgIpc) is 3.29. The molecule has 1 fully saturated rings. The maximum Gasteiger partial charge on any atom is 0.240 e. The first-order chi connectivity index (χ1) is 12.0. The Morgan fingerprint density at radius 1 is 1.24 bits per heavy atom. The van der Waals surface area contributed by atoms with E-state index < -0.39 is 10.0 Å². The zero-order chi connectivity index (χ0) is 17.4. The third-order valence-electron chi connectivity index (χ3n) is 3.87. The number of nitrogens with one attached hydrogen (secondary N) is 1. The van der Waals surface area contributed by atoms with Crippen molar-refractivity contribution in [1.29, 1.82) is 0 Å². The number of hydrogen-bond acceptors (Lipinski definition) is 7. The van der Waals surface area contributed by atoms with Gasteiger partial charge in [0.15, 0.2) is 0 Å². The van der Waals surface area contributed by atoms with Crippen molar-refractivity contribution in [2.45, 2.75) is 24.3 Å². The molecule has 0 atom stereocenters. The molecule has 3 heterocycles. The molecule has 130 valence electrons. The van der Waals surface area contributed by atoms with Crippen molar-refractivity contribution in [3.05, 3.63) is 35.6 Å². The fourth-order valence-corrected chi connectivity index (χ4v) is 4.47. The van der Waals surface area contributed by atoms with Crippen LogP contribution in [0.2, 0.25) is 0 Å². The van der Waals surface area contributed by atoms with Crippen LogP contribution in [0.5, 0.6) is 0 Å². The SMILES string of the molecule is O=C1CCCN1c1ccc(S(=O)(=O)NCc2nn3cnnc3s2)cc1. The van der Waals surface area contributed by atoms with Gasteiger partial charge < -0.3 is 4.90 Å². The zero-order valence-electron chi connectivity index (χ0n) is 13.0. The lowest BCUT2D eigenvalue weighted by Crippen LogP contribution is -2.25. The molecular formula is C14H14N6O3S2. The van der Waals surface area contributed by atoms with E-state index in [4.69, 9.17) is 0 Å². The Kier molecular flexibility index (Phi) is 3.98. The molecule has 0 spiro atoms. The summed E-state index contributed by atoms with van der Waals surface area (Å²) in [7, 11) is -3.66. The van der Waals surface area contributed by atoms with Gasteiger partial charge in [0.05, 0.1) is 11.4 Å². The number of fused-ring (bicyclic) bond motifs is 1. The van der Waals surface area contributed by atoms with Gasteiger partial charge in [-0.25, -0.2) is 13.1 Å². The summed E-state index contributed by atoms with van der Waals surface area (Å²) < 4.78 is 28.8. The van der Waals surface area contributed by atoms with Crippen LogP contribution in [-0.4, -0.2) is 40.7 Å². The van der Waals surface area contributed by atoms with Gasteiger partial charge in [0.25, 0.3) is 0 Å². The van der Waals surface area contributed by atoms with Crippen molar-refractivity contribution in [2.75, 3.05) is 11.4 Å². The predicted molar refractivity (Wildman–Crippen MR) is 90.7 cm³/mol. The molecule has 1 amide bonds. The molecule has 1 N–H and O–H groups in total. The summed E-state index contributed by atoms with van der Waals surface area (Å²) in [6.45, 7) is 0.743. The molecule has 2 aromatic heterocycles. The van der Waals surface area contributed by atoms with E-state index in [0.717, 1.165) is 12.1 Å². The van der Waals surface area contributed by atoms with Crippen molar-refractivity contribution in [1.82, 2.24) is 24.5 Å². The van der Waals surface area contributed by atoms with Gasteiger partial charge in [0.1, 0.15) is 11.3 Å². The fourth-order valence-electron chi connectivity index (χ4n) is 2.64. The minimum atomic E-state index is -3.66. The number of hydrogen-bond donors (Lipinski definition) is 1. The first-order valence-corrected chi connectivity index (χ1v) is 9.89. The summed E-state index contributed by atoms with van der Waals surface area (Å²) in [6, 6.07) is 6.31. The second kappa shape index (κ2) is 6.17. The Labute approximate surface area is 147 Å². The largest absolute Gasteiger partial charge is 0.312 e. The number of amides is 1. The van der Waals surface area contributed by atoms with Gasteiger partial charge in [0, 0.05) is 18.7 Å². The van der Waals surface area contributed by atoms with Crippen molar-refractivity contribution in [3.63, 3.8) is 0 Å². The summed E-state index contributed by atoms with van der Waals surface area (Å²) in [6.07, 6.45) is 2.82. The molecule has 0 unspecified atom stereocenters. The van der Waals surface area contributed by atoms with Crippen LogP contribution in [-0.2, 0) is 21.4 Å². The summed E-state index contributed by atoms with van der Waals surface area (Å²) in [4.78, 5) is 14.2. The van der Waals surface area contributed by atoms with E-state index in [0.29, 0.717) is 22.9 Å². The number of anilines is 1. The maximum absolute atomic E-state index is 12.4. The van der Waals surface area contributed by atoms with Crippen LogP contribution in [0, 0.1) is 0 Å². The summed E-state index contributed by atoms with van der Waals surface area (Å²) in [5.41, 5.74) is 0.718. The molecule has 4 rings (SSSR count). The number of benzene rings is 1. The van der Waals surface area contributed by atoms with Gasteiger partial charge in [-0.3, -0.25) is 4.79 Å². The molecule has 3 aromatic rings. The third-order valence-corrected chi connectivity index (χ3v) is 6.20. The van der Waals surface area contributed by atoms with Crippen LogP contribution in [0.4, 0.5) is 5.69 Å². The highest BCUT2D eigenvalue weighted by molar-refractivity contribution is 7.89. The normalized spacial score (nSPS) is 15.4. The molecule has 1 saturated heterocycles. The van der Waals surface area contributed by atoms with Crippen LogP contribution in [0.1, 0.15) is 17.8 Å². The molecule has 25 heavy (non-hydrogen) atoms. The highest BCUT2D eigenvalue weighted by Crippen LogP contribution is 2.23. The van der Waals surface area contributed by atoms with Gasteiger partial charge in [-0.2, -0.15) is 9.61 Å². The smallest absolute Gasteiger partial charge is 0.240 e. The number of nitrogens with zero attached hydrogens (tertiary/aromatic N) is 5. The summed E-state index contributed by atoms with van der Waals surface area (Å²) in [5.74, 6) is 0.0667. The van der Waals surface area contributed by atoms with Crippen LogP contribution in [0.3, 0.4) is 0 Å². The average molecular weight is 378 g/mol. The third kappa shape index (κ3) is 3.13. The number of rotatable bonds is 5. The van der Waals surface area contributed by atoms with Crippen LogP contribution < -0.4 is 9.62 Å². The van der Waals surface area contributed by atoms with Gasteiger partial charge in [-0.15, -0.1) is 10.2 Å². The molecule has 0 aliphatic carbocycles. The Hall–Kier alpha value is -2.37. The van der Waals surface area contributed by atoms with Gasteiger partial charge in [-0.1, -0.05) is 11.3 Å². The second-order valence-electron chi connectivity index (χ2n) is 5.52. The standard InChI is InChI=1S/C14H14N6O3S2/c21-13-2-1-7-19(13)10-3-5-11(6-4-10)25(22,23)16-8-12-18-20-9-15-17-14(20)24-12/h3-6,9,16H,1-2,7-8H2. The maximum atomic E-state index is 12.4. The molecule has 1 aliphatic heterocycles. The number of aromatic nitrogens is 4. The molecule has 11 heteroatoms. The molecule has 9 nitrogen and oxygen atoms in total. The van der Waals surface area contributed by atoms with Crippen molar-refractivity contribution in [2.24, 2.45) is 0 Å². The Balaban J connectivity index is 1.47.